The summed E-state index contributed by atoms with van der Waals surface area (Å²) in [5.74, 6) is -0.869. The number of nitrogens with one attached hydrogen (secondary N) is 1. The molecule has 2 fully saturated rings. The van der Waals surface area contributed by atoms with E-state index in [0.29, 0.717) is 6.42 Å². The van der Waals surface area contributed by atoms with Crippen LogP contribution in [0.1, 0.15) is 19.3 Å². The van der Waals surface area contributed by atoms with Gasteiger partial charge in [-0.1, -0.05) is 0 Å². The van der Waals surface area contributed by atoms with Crippen LogP contribution in [0.5, 0.6) is 0 Å². The molecule has 6 heteroatoms. The smallest absolute Gasteiger partial charge is 0.311 e. The molecule has 2 saturated heterocycles. The molecule has 2 aliphatic heterocycles. The SMILES string of the molecule is O=C(O)C12CCCNC1CS(=O)(=O)CC2. The average molecular weight is 233 g/mol. The summed E-state index contributed by atoms with van der Waals surface area (Å²) in [5.41, 5.74) is -0.844. The summed E-state index contributed by atoms with van der Waals surface area (Å²) < 4.78 is 22.9. The molecule has 0 amide bonds. The summed E-state index contributed by atoms with van der Waals surface area (Å²) in [4.78, 5) is 11.3. The number of rotatable bonds is 1. The topological polar surface area (TPSA) is 83.5 Å². The number of sulfone groups is 1. The third-order valence-electron chi connectivity index (χ3n) is 3.56. The van der Waals surface area contributed by atoms with Gasteiger partial charge in [0.15, 0.2) is 9.84 Å². The van der Waals surface area contributed by atoms with Gasteiger partial charge in [-0.25, -0.2) is 8.42 Å². The molecular weight excluding hydrogens is 218 g/mol. The van der Waals surface area contributed by atoms with Crippen LogP contribution in [-0.2, 0) is 14.6 Å². The minimum absolute atomic E-state index is 0.0114. The Labute approximate surface area is 88.8 Å². The fourth-order valence-corrected chi connectivity index (χ4v) is 4.39. The third-order valence-corrected chi connectivity index (χ3v) is 5.23. The standard InChI is InChI=1S/C9H15NO4S/c11-8(12)9-2-1-4-10-7(9)6-15(13,14)5-3-9/h7,10H,1-6H2,(H,11,12). The lowest BCUT2D eigenvalue weighted by molar-refractivity contribution is -0.152. The van der Waals surface area contributed by atoms with Crippen LogP contribution in [0.4, 0.5) is 0 Å². The highest BCUT2D eigenvalue weighted by Gasteiger charge is 2.51. The van der Waals surface area contributed by atoms with Crippen molar-refractivity contribution in [2.45, 2.75) is 25.3 Å². The molecular formula is C9H15NO4S. The molecule has 0 saturated carbocycles. The Bertz CT molecular complexity index is 378. The Balaban J connectivity index is 2.31. The molecule has 2 rings (SSSR count). The van der Waals surface area contributed by atoms with Gasteiger partial charge >= 0.3 is 5.97 Å². The van der Waals surface area contributed by atoms with Gasteiger partial charge in [0.05, 0.1) is 16.9 Å². The van der Waals surface area contributed by atoms with Gasteiger partial charge in [-0.15, -0.1) is 0 Å². The largest absolute Gasteiger partial charge is 0.481 e. The van der Waals surface area contributed by atoms with E-state index in [4.69, 9.17) is 0 Å². The van der Waals surface area contributed by atoms with E-state index in [1.54, 1.807) is 0 Å². The number of hydrogen-bond acceptors (Lipinski definition) is 4. The molecule has 86 valence electrons. The molecule has 2 aliphatic rings. The lowest BCUT2D eigenvalue weighted by atomic mass is 9.72. The highest BCUT2D eigenvalue weighted by Crippen LogP contribution is 2.39. The maximum Gasteiger partial charge on any atom is 0.311 e. The van der Waals surface area contributed by atoms with Crippen molar-refractivity contribution in [1.29, 1.82) is 0 Å². The summed E-state index contributed by atoms with van der Waals surface area (Å²) in [6, 6.07) is -0.400. The van der Waals surface area contributed by atoms with Gasteiger partial charge in [0, 0.05) is 6.04 Å². The highest BCUT2D eigenvalue weighted by atomic mass is 32.2. The van der Waals surface area contributed by atoms with E-state index in [1.165, 1.54) is 0 Å². The van der Waals surface area contributed by atoms with Crippen molar-refractivity contribution in [2.75, 3.05) is 18.1 Å². The Kier molecular flexibility index (Phi) is 2.50. The van der Waals surface area contributed by atoms with Crippen LogP contribution in [0.15, 0.2) is 0 Å². The molecule has 15 heavy (non-hydrogen) atoms. The fraction of sp³-hybridized carbons (Fsp3) is 0.889. The number of carboxylic acid groups (broad SMARTS) is 1. The normalized spacial score (nSPS) is 39.3. The van der Waals surface area contributed by atoms with Crippen LogP contribution in [0, 0.1) is 5.41 Å². The molecule has 5 nitrogen and oxygen atoms in total. The van der Waals surface area contributed by atoms with Gasteiger partial charge in [-0.05, 0) is 25.8 Å². The van der Waals surface area contributed by atoms with Crippen molar-refractivity contribution < 1.29 is 18.3 Å². The van der Waals surface area contributed by atoms with Gasteiger partial charge in [0.2, 0.25) is 0 Å². The summed E-state index contributed by atoms with van der Waals surface area (Å²) in [6.45, 7) is 0.717. The molecule has 0 aromatic rings. The van der Waals surface area contributed by atoms with Crippen LogP contribution in [0.2, 0.25) is 0 Å². The predicted octanol–water partition coefficient (Wildman–Crippen LogP) is -0.372. The second-order valence-electron chi connectivity index (χ2n) is 4.44. The van der Waals surface area contributed by atoms with Crippen LogP contribution < -0.4 is 5.32 Å². The Morgan fingerprint density at radius 3 is 2.80 bits per heavy atom. The maximum absolute atomic E-state index is 11.4. The number of fused-ring (bicyclic) bond motifs is 1. The van der Waals surface area contributed by atoms with Crippen molar-refractivity contribution in [3.63, 3.8) is 0 Å². The van der Waals surface area contributed by atoms with E-state index >= 15 is 0 Å². The molecule has 0 aromatic carbocycles. The monoisotopic (exact) mass is 233 g/mol. The van der Waals surface area contributed by atoms with Gasteiger partial charge < -0.3 is 10.4 Å². The zero-order valence-electron chi connectivity index (χ0n) is 8.40. The van der Waals surface area contributed by atoms with Crippen molar-refractivity contribution in [2.24, 2.45) is 5.41 Å². The summed E-state index contributed by atoms with van der Waals surface area (Å²) >= 11 is 0. The van der Waals surface area contributed by atoms with Gasteiger partial charge in [-0.3, -0.25) is 4.79 Å². The number of carboxylic acids is 1. The molecule has 0 aliphatic carbocycles. The number of carbonyl (C=O) groups is 1. The van der Waals surface area contributed by atoms with E-state index in [2.05, 4.69) is 5.32 Å². The lowest BCUT2D eigenvalue weighted by Crippen LogP contribution is -2.60. The summed E-state index contributed by atoms with van der Waals surface area (Å²) in [7, 11) is -3.05. The first kappa shape index (κ1) is 10.9. The molecule has 0 bridgehead atoms. The van der Waals surface area contributed by atoms with Crippen molar-refractivity contribution in [1.82, 2.24) is 5.32 Å². The zero-order valence-corrected chi connectivity index (χ0v) is 9.22. The first-order valence-corrected chi connectivity index (χ1v) is 6.96. The fourth-order valence-electron chi connectivity index (χ4n) is 2.61. The van der Waals surface area contributed by atoms with E-state index in [1.807, 2.05) is 0 Å². The number of hydrogen-bond donors (Lipinski definition) is 2. The molecule has 2 atom stereocenters. The van der Waals surface area contributed by atoms with Crippen LogP contribution in [0.3, 0.4) is 0 Å². The maximum atomic E-state index is 11.4. The minimum atomic E-state index is -3.05. The molecule has 2 N–H and O–H groups in total. The summed E-state index contributed by atoms with van der Waals surface area (Å²) in [6.07, 6.45) is 1.65. The Morgan fingerprint density at radius 2 is 2.13 bits per heavy atom. The van der Waals surface area contributed by atoms with Crippen molar-refractivity contribution >= 4 is 15.8 Å². The average Bonchev–Trinajstić information content (AvgIpc) is 2.16. The first-order chi connectivity index (χ1) is 6.96. The predicted molar refractivity (Wildman–Crippen MR) is 54.4 cm³/mol. The number of aliphatic carboxylic acids is 1. The first-order valence-electron chi connectivity index (χ1n) is 5.13. The number of piperidine rings is 1. The zero-order chi connectivity index (χ0) is 11.1. The second kappa shape index (κ2) is 3.45. The van der Waals surface area contributed by atoms with E-state index < -0.39 is 27.3 Å². The minimum Gasteiger partial charge on any atom is -0.481 e. The van der Waals surface area contributed by atoms with Crippen molar-refractivity contribution in [3.8, 4) is 0 Å². The lowest BCUT2D eigenvalue weighted by Gasteiger charge is -2.44. The van der Waals surface area contributed by atoms with Gasteiger partial charge in [0.25, 0.3) is 0 Å². The summed E-state index contributed by atoms with van der Waals surface area (Å²) in [5, 5.41) is 12.3. The quantitative estimate of drug-likeness (QED) is 0.645. The third kappa shape index (κ3) is 1.76. The van der Waals surface area contributed by atoms with Crippen molar-refractivity contribution in [3.05, 3.63) is 0 Å². The Morgan fingerprint density at radius 1 is 1.40 bits per heavy atom. The second-order valence-corrected chi connectivity index (χ2v) is 6.66. The molecule has 0 aromatic heterocycles. The molecule has 0 spiro atoms. The molecule has 2 unspecified atom stereocenters. The Hall–Kier alpha value is -0.620. The highest BCUT2D eigenvalue weighted by molar-refractivity contribution is 7.91. The van der Waals surface area contributed by atoms with E-state index in [0.717, 1.165) is 13.0 Å². The van der Waals surface area contributed by atoms with Crippen LogP contribution in [0.25, 0.3) is 0 Å². The van der Waals surface area contributed by atoms with Crippen LogP contribution in [-0.4, -0.2) is 43.6 Å². The van der Waals surface area contributed by atoms with E-state index in [9.17, 15) is 18.3 Å². The molecule has 0 radical (unpaired) electrons. The van der Waals surface area contributed by atoms with Crippen LogP contribution >= 0.6 is 0 Å². The van der Waals surface area contributed by atoms with E-state index in [-0.39, 0.29) is 17.9 Å². The van der Waals surface area contributed by atoms with Gasteiger partial charge in [0.1, 0.15) is 0 Å². The molecule has 2 heterocycles. The van der Waals surface area contributed by atoms with Gasteiger partial charge in [-0.2, -0.15) is 0 Å².